The standard InChI is InChI=1S/C60H34N2O2S/c1-2-14-36-35(13-1)25-26-40-39(36)27-28-44-41(40)29-30-58-60(44)47-33-57-53(34-59(47)65-58)62(50-21-9-12-24-56(50)64-57)52-32-46-37-15-3-5-17-42(37)51(31-45(46)38-16-4-6-18-43(38)52)61-48-19-7-10-22-54(48)63-55-23-11-8-20-49(55)61/h1-34H. The van der Waals surface area contributed by atoms with E-state index in [9.17, 15) is 0 Å². The molecular weight excluding hydrogens is 813 g/mol. The summed E-state index contributed by atoms with van der Waals surface area (Å²) in [5, 5.41) is 17.2. The summed E-state index contributed by atoms with van der Waals surface area (Å²) in [7, 11) is 0. The first-order valence-electron chi connectivity index (χ1n) is 22.1. The lowest BCUT2D eigenvalue weighted by atomic mass is 9.93. The van der Waals surface area contributed by atoms with E-state index in [-0.39, 0.29) is 0 Å². The van der Waals surface area contributed by atoms with Gasteiger partial charge in [-0.2, -0.15) is 0 Å². The normalized spacial score (nSPS) is 13.1. The van der Waals surface area contributed by atoms with E-state index in [2.05, 4.69) is 204 Å². The molecule has 1 aromatic heterocycles. The zero-order valence-corrected chi connectivity index (χ0v) is 35.6. The number of benzene rings is 12. The number of hydrogen-bond donors (Lipinski definition) is 0. The highest BCUT2D eigenvalue weighted by Crippen LogP contribution is 2.57. The van der Waals surface area contributed by atoms with E-state index in [4.69, 9.17) is 9.47 Å². The molecule has 3 heterocycles. The summed E-state index contributed by atoms with van der Waals surface area (Å²) >= 11 is 1.85. The quantitative estimate of drug-likeness (QED) is 0.162. The van der Waals surface area contributed by atoms with Crippen molar-refractivity contribution in [3.63, 3.8) is 0 Å². The van der Waals surface area contributed by atoms with Crippen LogP contribution >= 0.6 is 11.3 Å². The predicted molar refractivity (Wildman–Crippen MR) is 274 cm³/mol. The molecule has 2 aliphatic rings. The number of para-hydroxylation sites is 6. The van der Waals surface area contributed by atoms with Gasteiger partial charge in [-0.1, -0.05) is 140 Å². The molecule has 15 rings (SSSR count). The summed E-state index contributed by atoms with van der Waals surface area (Å²) in [4.78, 5) is 4.81. The fourth-order valence-corrected chi connectivity index (χ4v) is 12.1. The Balaban J connectivity index is 0.978. The maximum absolute atomic E-state index is 6.94. The van der Waals surface area contributed by atoms with Crippen LogP contribution in [0.3, 0.4) is 0 Å². The number of fused-ring (bicyclic) bond motifs is 18. The molecule has 13 aromatic rings. The predicted octanol–water partition coefficient (Wildman–Crippen LogP) is 18.1. The largest absolute Gasteiger partial charge is 0.453 e. The maximum Gasteiger partial charge on any atom is 0.152 e. The zero-order chi connectivity index (χ0) is 42.3. The van der Waals surface area contributed by atoms with Crippen LogP contribution in [0, 0.1) is 0 Å². The Morgan fingerprint density at radius 2 is 0.708 bits per heavy atom. The second-order valence-electron chi connectivity index (χ2n) is 17.2. The molecule has 0 atom stereocenters. The first-order chi connectivity index (χ1) is 32.2. The minimum absolute atomic E-state index is 0.829. The lowest BCUT2D eigenvalue weighted by molar-refractivity contribution is 0.477. The maximum atomic E-state index is 6.94. The molecule has 0 aliphatic carbocycles. The minimum Gasteiger partial charge on any atom is -0.453 e. The van der Waals surface area contributed by atoms with Gasteiger partial charge in [0.05, 0.1) is 34.1 Å². The van der Waals surface area contributed by atoms with Gasteiger partial charge < -0.3 is 19.3 Å². The molecule has 0 fully saturated rings. The van der Waals surface area contributed by atoms with Crippen LogP contribution < -0.4 is 19.3 Å². The fourth-order valence-electron chi connectivity index (χ4n) is 10.9. The van der Waals surface area contributed by atoms with Crippen LogP contribution in [0.15, 0.2) is 206 Å². The Morgan fingerprint density at radius 3 is 1.35 bits per heavy atom. The van der Waals surface area contributed by atoms with Gasteiger partial charge in [-0.05, 0) is 121 Å². The van der Waals surface area contributed by atoms with Crippen molar-refractivity contribution in [2.45, 2.75) is 0 Å². The van der Waals surface area contributed by atoms with Crippen molar-refractivity contribution >= 4 is 130 Å². The first kappa shape index (κ1) is 35.1. The molecule has 5 heteroatoms. The topological polar surface area (TPSA) is 24.9 Å². The Bertz CT molecular complexity index is 4180. The molecule has 0 N–H and O–H groups in total. The molecule has 65 heavy (non-hydrogen) atoms. The number of hydrogen-bond acceptors (Lipinski definition) is 5. The molecule has 0 spiro atoms. The lowest BCUT2D eigenvalue weighted by Gasteiger charge is -2.35. The third-order valence-corrected chi connectivity index (χ3v) is 14.9. The Kier molecular flexibility index (Phi) is 7.07. The second kappa shape index (κ2) is 13.1. The van der Waals surface area contributed by atoms with Crippen LogP contribution in [-0.4, -0.2) is 0 Å². The molecule has 0 radical (unpaired) electrons. The van der Waals surface area contributed by atoms with Crippen LogP contribution in [0.4, 0.5) is 34.1 Å². The van der Waals surface area contributed by atoms with Crippen molar-refractivity contribution in [3.05, 3.63) is 206 Å². The van der Waals surface area contributed by atoms with Crippen LogP contribution in [0.2, 0.25) is 0 Å². The fraction of sp³-hybridized carbons (Fsp3) is 0. The number of ether oxygens (including phenoxy) is 2. The average Bonchev–Trinajstić information content (AvgIpc) is 3.73. The summed E-state index contributed by atoms with van der Waals surface area (Å²) in [6, 6.07) is 74.8. The van der Waals surface area contributed by atoms with E-state index in [1.807, 2.05) is 23.5 Å². The van der Waals surface area contributed by atoms with Gasteiger partial charge in [0.1, 0.15) is 0 Å². The van der Waals surface area contributed by atoms with E-state index in [1.165, 1.54) is 74.0 Å². The minimum atomic E-state index is 0.829. The van der Waals surface area contributed by atoms with Gasteiger partial charge in [0, 0.05) is 30.9 Å². The van der Waals surface area contributed by atoms with Gasteiger partial charge in [0.15, 0.2) is 23.0 Å². The molecular formula is C60H34N2O2S. The molecule has 4 nitrogen and oxygen atoms in total. The highest BCUT2D eigenvalue weighted by molar-refractivity contribution is 7.26. The van der Waals surface area contributed by atoms with E-state index in [0.717, 1.165) is 67.9 Å². The van der Waals surface area contributed by atoms with Crippen LogP contribution in [0.1, 0.15) is 0 Å². The number of nitrogens with zero attached hydrogens (tertiary/aromatic N) is 2. The summed E-state index contributed by atoms with van der Waals surface area (Å²) in [6.07, 6.45) is 0. The van der Waals surface area contributed by atoms with Crippen molar-refractivity contribution in [1.82, 2.24) is 0 Å². The third-order valence-electron chi connectivity index (χ3n) is 13.8. The van der Waals surface area contributed by atoms with Gasteiger partial charge in [-0.15, -0.1) is 11.3 Å². The van der Waals surface area contributed by atoms with Gasteiger partial charge in [0.2, 0.25) is 0 Å². The molecule has 0 saturated carbocycles. The summed E-state index contributed by atoms with van der Waals surface area (Å²) in [6.45, 7) is 0. The molecule has 302 valence electrons. The Hall–Kier alpha value is -8.38. The summed E-state index contributed by atoms with van der Waals surface area (Å²) in [5.74, 6) is 3.34. The molecule has 0 amide bonds. The molecule has 12 aromatic carbocycles. The monoisotopic (exact) mass is 846 g/mol. The van der Waals surface area contributed by atoms with Crippen LogP contribution in [-0.2, 0) is 0 Å². The van der Waals surface area contributed by atoms with E-state index in [1.54, 1.807) is 0 Å². The van der Waals surface area contributed by atoms with Crippen molar-refractivity contribution in [2.75, 3.05) is 9.80 Å². The highest BCUT2D eigenvalue weighted by atomic mass is 32.1. The van der Waals surface area contributed by atoms with Gasteiger partial charge in [-0.25, -0.2) is 0 Å². The zero-order valence-electron chi connectivity index (χ0n) is 34.7. The SMILES string of the molecule is c1ccc2c(c1)Oc1ccccc1N2c1cc2c3ccccc3c(N3c4ccccc4Oc4cc5c(cc43)sc3ccc4c6ccc7ccccc7c6ccc4c35)cc2c2ccccc12. The summed E-state index contributed by atoms with van der Waals surface area (Å²) < 4.78 is 15.9. The van der Waals surface area contributed by atoms with Crippen LogP contribution in [0.5, 0.6) is 23.0 Å². The van der Waals surface area contributed by atoms with Crippen molar-refractivity contribution in [2.24, 2.45) is 0 Å². The van der Waals surface area contributed by atoms with E-state index >= 15 is 0 Å². The van der Waals surface area contributed by atoms with Crippen molar-refractivity contribution in [1.29, 1.82) is 0 Å². The molecule has 0 unspecified atom stereocenters. The average molecular weight is 847 g/mol. The smallest absolute Gasteiger partial charge is 0.152 e. The highest BCUT2D eigenvalue weighted by Gasteiger charge is 2.31. The van der Waals surface area contributed by atoms with Gasteiger partial charge >= 0.3 is 0 Å². The molecule has 0 saturated heterocycles. The first-order valence-corrected chi connectivity index (χ1v) is 22.9. The van der Waals surface area contributed by atoms with E-state index < -0.39 is 0 Å². The lowest BCUT2D eigenvalue weighted by Crippen LogP contribution is -2.17. The van der Waals surface area contributed by atoms with Gasteiger partial charge in [0.25, 0.3) is 0 Å². The van der Waals surface area contributed by atoms with Crippen molar-refractivity contribution in [3.8, 4) is 23.0 Å². The Morgan fingerprint density at radius 1 is 0.262 bits per heavy atom. The Labute approximate surface area is 376 Å². The molecule has 2 aliphatic heterocycles. The van der Waals surface area contributed by atoms with Crippen molar-refractivity contribution < 1.29 is 9.47 Å². The second-order valence-corrected chi connectivity index (χ2v) is 18.2. The van der Waals surface area contributed by atoms with E-state index in [0.29, 0.717) is 0 Å². The number of rotatable bonds is 2. The number of anilines is 6. The third kappa shape index (κ3) is 4.90. The number of thiophene rings is 1. The van der Waals surface area contributed by atoms with Gasteiger partial charge in [-0.3, -0.25) is 0 Å². The van der Waals surface area contributed by atoms with Crippen LogP contribution in [0.25, 0.3) is 84.8 Å². The molecule has 0 bridgehead atoms. The summed E-state index contributed by atoms with van der Waals surface area (Å²) in [5.41, 5.74) is 6.28.